The zero-order valence-electron chi connectivity index (χ0n) is 16.3. The van der Waals surface area contributed by atoms with Crippen LogP contribution in [0.4, 0.5) is 0 Å². The number of aliphatic carboxylic acids is 2. The van der Waals surface area contributed by atoms with E-state index < -0.39 is 45.5 Å². The van der Waals surface area contributed by atoms with Gasteiger partial charge in [0.15, 0.2) is 0 Å². The third kappa shape index (κ3) is 6.14. The van der Waals surface area contributed by atoms with Crippen molar-refractivity contribution in [2.45, 2.75) is 68.2 Å². The Morgan fingerprint density at radius 1 is 0.880 bits per heavy atom. The molecule has 0 aromatic rings. The highest BCUT2D eigenvalue weighted by Crippen LogP contribution is 2.40. The second-order valence-electron chi connectivity index (χ2n) is 9.18. The Morgan fingerprint density at radius 3 is 1.36 bits per heavy atom. The van der Waals surface area contributed by atoms with Crippen molar-refractivity contribution in [3.05, 3.63) is 0 Å². The Balaban J connectivity index is 0.000000462. The van der Waals surface area contributed by atoms with Crippen molar-refractivity contribution in [3.8, 4) is 0 Å². The normalized spacial score (nSPS) is 19.4. The van der Waals surface area contributed by atoms with Crippen LogP contribution in [0.3, 0.4) is 0 Å². The summed E-state index contributed by atoms with van der Waals surface area (Å²) in [4.78, 5) is 43.8. The lowest BCUT2D eigenvalue weighted by Gasteiger charge is -2.36. The van der Waals surface area contributed by atoms with Crippen LogP contribution < -0.4 is 0 Å². The number of hydrogen-bond acceptors (Lipinski definition) is 5. The summed E-state index contributed by atoms with van der Waals surface area (Å²) < 4.78 is 4.64. The summed E-state index contributed by atoms with van der Waals surface area (Å²) in [6.45, 7) is 13.3. The van der Waals surface area contributed by atoms with Gasteiger partial charge in [0, 0.05) is 0 Å². The van der Waals surface area contributed by atoms with E-state index in [1.54, 1.807) is 27.7 Å². The van der Waals surface area contributed by atoms with Gasteiger partial charge in [0.2, 0.25) is 0 Å². The molecule has 0 aliphatic carbocycles. The molecular formula is C18H30O7. The number of cyclic esters (lactones) is 2. The van der Waals surface area contributed by atoms with Crippen LogP contribution in [-0.4, -0.2) is 34.1 Å². The number of carbonyl (C=O) groups is 4. The van der Waals surface area contributed by atoms with E-state index in [1.165, 1.54) is 27.7 Å². The third-order valence-electron chi connectivity index (χ3n) is 4.22. The van der Waals surface area contributed by atoms with E-state index in [2.05, 4.69) is 4.74 Å². The number of esters is 2. The maximum Gasteiger partial charge on any atom is 0.319 e. The zero-order valence-corrected chi connectivity index (χ0v) is 16.3. The first-order valence-electron chi connectivity index (χ1n) is 8.09. The van der Waals surface area contributed by atoms with Crippen molar-refractivity contribution in [2.24, 2.45) is 21.7 Å². The standard InChI is InChI=1S/C9H16O4.C9H14O3/c1-8(2,6(10)11)5-9(3,4)7(12)13;1-8(2)5-9(3,4)7(11)12-6(8)10/h5H2,1-4H3,(H,10,11)(H,12,13);5H2,1-4H3. The van der Waals surface area contributed by atoms with Gasteiger partial charge in [0.25, 0.3) is 0 Å². The molecule has 7 heteroatoms. The summed E-state index contributed by atoms with van der Waals surface area (Å²) in [6.07, 6.45) is 0.669. The first-order valence-corrected chi connectivity index (χ1v) is 8.09. The molecule has 1 heterocycles. The van der Waals surface area contributed by atoms with Crippen LogP contribution in [-0.2, 0) is 23.9 Å². The van der Waals surface area contributed by atoms with Gasteiger partial charge in [-0.05, 0) is 68.2 Å². The summed E-state index contributed by atoms with van der Waals surface area (Å²) >= 11 is 0. The van der Waals surface area contributed by atoms with Crippen molar-refractivity contribution in [1.29, 1.82) is 0 Å². The van der Waals surface area contributed by atoms with Gasteiger partial charge in [-0.2, -0.15) is 0 Å². The first-order chi connectivity index (χ1) is 10.8. The van der Waals surface area contributed by atoms with Crippen LogP contribution in [0.5, 0.6) is 0 Å². The average Bonchev–Trinajstić information content (AvgIpc) is 2.34. The molecule has 1 aliphatic rings. The molecule has 0 saturated carbocycles. The summed E-state index contributed by atoms with van der Waals surface area (Å²) in [5, 5.41) is 17.6. The minimum absolute atomic E-state index is 0.116. The molecule has 0 aromatic heterocycles. The number of carbonyl (C=O) groups excluding carboxylic acids is 2. The van der Waals surface area contributed by atoms with Gasteiger partial charge < -0.3 is 14.9 Å². The van der Waals surface area contributed by atoms with E-state index in [4.69, 9.17) is 10.2 Å². The lowest BCUT2D eigenvalue weighted by atomic mass is 9.73. The minimum Gasteiger partial charge on any atom is -0.481 e. The van der Waals surface area contributed by atoms with Crippen LogP contribution in [0.2, 0.25) is 0 Å². The van der Waals surface area contributed by atoms with E-state index in [0.29, 0.717) is 6.42 Å². The number of ether oxygens (including phenoxy) is 1. The number of rotatable bonds is 4. The molecule has 1 aliphatic heterocycles. The number of carboxylic acids is 2. The largest absolute Gasteiger partial charge is 0.481 e. The fourth-order valence-corrected chi connectivity index (χ4v) is 2.87. The van der Waals surface area contributed by atoms with Gasteiger partial charge in [-0.1, -0.05) is 0 Å². The molecule has 0 bridgehead atoms. The highest BCUT2D eigenvalue weighted by Gasteiger charge is 2.47. The molecule has 0 aromatic carbocycles. The lowest BCUT2D eigenvalue weighted by molar-refractivity contribution is -0.182. The Kier molecular flexibility index (Phi) is 6.59. The Labute approximate surface area is 148 Å². The molecule has 0 spiro atoms. The molecule has 25 heavy (non-hydrogen) atoms. The van der Waals surface area contributed by atoms with E-state index >= 15 is 0 Å². The van der Waals surface area contributed by atoms with Gasteiger partial charge in [-0.25, -0.2) is 0 Å². The first kappa shape index (κ1) is 23.1. The molecule has 0 unspecified atom stereocenters. The number of hydrogen-bond donors (Lipinski definition) is 2. The molecule has 0 atom stereocenters. The zero-order chi connectivity index (χ0) is 20.4. The monoisotopic (exact) mass is 358 g/mol. The van der Waals surface area contributed by atoms with Crippen LogP contribution in [0.1, 0.15) is 68.2 Å². The fraction of sp³-hybridized carbons (Fsp3) is 0.778. The molecule has 1 saturated heterocycles. The molecule has 0 radical (unpaired) electrons. The highest BCUT2D eigenvalue weighted by molar-refractivity contribution is 5.94. The molecular weight excluding hydrogens is 328 g/mol. The van der Waals surface area contributed by atoms with Crippen molar-refractivity contribution >= 4 is 23.9 Å². The SMILES string of the molecule is CC(C)(CC(C)(C)C(=O)O)C(=O)O.CC1(C)CC(C)(C)C(=O)OC1=O. The minimum atomic E-state index is -0.998. The van der Waals surface area contributed by atoms with Crippen LogP contribution in [0.25, 0.3) is 0 Å². The maximum atomic E-state index is 11.2. The van der Waals surface area contributed by atoms with Gasteiger partial charge in [0.1, 0.15) is 0 Å². The summed E-state index contributed by atoms with van der Waals surface area (Å²) in [6, 6.07) is 0. The summed E-state index contributed by atoms with van der Waals surface area (Å²) in [5.74, 6) is -2.76. The number of carboxylic acid groups (broad SMARTS) is 2. The van der Waals surface area contributed by atoms with E-state index in [9.17, 15) is 19.2 Å². The third-order valence-corrected chi connectivity index (χ3v) is 4.22. The topological polar surface area (TPSA) is 118 Å². The lowest BCUT2D eigenvalue weighted by Crippen LogP contribution is -2.44. The van der Waals surface area contributed by atoms with Crippen molar-refractivity contribution in [2.75, 3.05) is 0 Å². The van der Waals surface area contributed by atoms with Gasteiger partial charge in [-0.15, -0.1) is 0 Å². The quantitative estimate of drug-likeness (QED) is 0.585. The molecule has 144 valence electrons. The van der Waals surface area contributed by atoms with Gasteiger partial charge in [0.05, 0.1) is 21.7 Å². The molecule has 0 amide bonds. The Hall–Kier alpha value is -1.92. The smallest absolute Gasteiger partial charge is 0.319 e. The predicted molar refractivity (Wildman–Crippen MR) is 90.7 cm³/mol. The highest BCUT2D eigenvalue weighted by atomic mass is 16.6. The van der Waals surface area contributed by atoms with Crippen LogP contribution >= 0.6 is 0 Å². The van der Waals surface area contributed by atoms with Gasteiger partial charge >= 0.3 is 23.9 Å². The van der Waals surface area contributed by atoms with Crippen LogP contribution in [0, 0.1) is 21.7 Å². The van der Waals surface area contributed by atoms with Gasteiger partial charge in [-0.3, -0.25) is 19.2 Å². The van der Waals surface area contributed by atoms with E-state index in [0.717, 1.165) is 0 Å². The maximum absolute atomic E-state index is 11.2. The Bertz CT molecular complexity index is 520. The fourth-order valence-electron chi connectivity index (χ4n) is 2.87. The molecule has 1 fully saturated rings. The van der Waals surface area contributed by atoms with Crippen molar-refractivity contribution in [3.63, 3.8) is 0 Å². The summed E-state index contributed by atoms with van der Waals surface area (Å²) in [7, 11) is 0. The van der Waals surface area contributed by atoms with Crippen molar-refractivity contribution in [1.82, 2.24) is 0 Å². The molecule has 1 rings (SSSR count). The predicted octanol–water partition coefficient (Wildman–Crippen LogP) is 3.11. The molecule has 2 N–H and O–H groups in total. The van der Waals surface area contributed by atoms with Crippen molar-refractivity contribution < 1.29 is 34.1 Å². The summed E-state index contributed by atoms with van der Waals surface area (Å²) in [5.41, 5.74) is -3.06. The van der Waals surface area contributed by atoms with E-state index in [-0.39, 0.29) is 6.42 Å². The Morgan fingerprint density at radius 2 is 1.16 bits per heavy atom. The average molecular weight is 358 g/mol. The van der Waals surface area contributed by atoms with E-state index in [1.807, 2.05) is 0 Å². The molecule has 7 nitrogen and oxygen atoms in total. The van der Waals surface area contributed by atoms with Crippen LogP contribution in [0.15, 0.2) is 0 Å². The second kappa shape index (κ2) is 7.14. The second-order valence-corrected chi connectivity index (χ2v) is 9.18.